The number of nitrogens with zero attached hydrogens (tertiary/aromatic N) is 1. The lowest BCUT2D eigenvalue weighted by Gasteiger charge is -2.04. The van der Waals surface area contributed by atoms with Crippen LogP contribution in [0.5, 0.6) is 0 Å². The average molecular weight is 278 g/mol. The Morgan fingerprint density at radius 1 is 1.47 bits per heavy atom. The Balaban J connectivity index is 3.10. The lowest BCUT2D eigenvalue weighted by atomic mass is 10.2. The molecule has 0 amide bonds. The first kappa shape index (κ1) is 13.7. The number of nitro groups is 1. The van der Waals surface area contributed by atoms with Crippen LogP contribution in [0.4, 0.5) is 5.69 Å². The Bertz CT molecular complexity index is 462. The molecule has 0 aromatic heterocycles. The molecule has 0 saturated carbocycles. The highest BCUT2D eigenvalue weighted by atomic mass is 35.5. The Morgan fingerprint density at radius 3 is 2.65 bits per heavy atom. The van der Waals surface area contributed by atoms with Crippen molar-refractivity contribution in [1.29, 1.82) is 0 Å². The van der Waals surface area contributed by atoms with Gasteiger partial charge in [0.25, 0.3) is 5.69 Å². The van der Waals surface area contributed by atoms with Gasteiger partial charge >= 0.3 is 5.97 Å². The molecule has 1 aromatic carbocycles. The van der Waals surface area contributed by atoms with Gasteiger partial charge in [0, 0.05) is 6.07 Å². The molecular formula is C10H9Cl2NO4. The molecule has 0 aliphatic heterocycles. The van der Waals surface area contributed by atoms with Crippen LogP contribution in [0.3, 0.4) is 0 Å². The minimum atomic E-state index is -0.704. The van der Waals surface area contributed by atoms with E-state index in [4.69, 9.17) is 27.9 Å². The van der Waals surface area contributed by atoms with E-state index in [9.17, 15) is 14.9 Å². The molecule has 0 spiro atoms. The minimum Gasteiger partial charge on any atom is -0.462 e. The van der Waals surface area contributed by atoms with E-state index in [1.807, 2.05) is 6.92 Å². The van der Waals surface area contributed by atoms with Crippen molar-refractivity contribution in [2.75, 3.05) is 6.61 Å². The van der Waals surface area contributed by atoms with E-state index >= 15 is 0 Å². The number of rotatable bonds is 4. The van der Waals surface area contributed by atoms with Gasteiger partial charge in [-0.3, -0.25) is 10.1 Å². The summed E-state index contributed by atoms with van der Waals surface area (Å²) in [5, 5.41) is 10.4. The summed E-state index contributed by atoms with van der Waals surface area (Å²) in [5.74, 6) is -0.659. The van der Waals surface area contributed by atoms with Crippen LogP contribution in [0.25, 0.3) is 0 Å². The number of halogens is 2. The van der Waals surface area contributed by atoms with Crippen molar-refractivity contribution in [2.45, 2.75) is 13.3 Å². The lowest BCUT2D eigenvalue weighted by molar-refractivity contribution is -0.384. The van der Waals surface area contributed by atoms with E-state index in [-0.39, 0.29) is 22.2 Å². The van der Waals surface area contributed by atoms with Gasteiger partial charge in [0.2, 0.25) is 0 Å². The molecule has 0 aliphatic carbocycles. The molecule has 0 fully saturated rings. The van der Waals surface area contributed by atoms with Crippen molar-refractivity contribution in [1.82, 2.24) is 0 Å². The maximum atomic E-state index is 11.5. The molecule has 1 aromatic rings. The molecule has 0 heterocycles. The molecule has 92 valence electrons. The van der Waals surface area contributed by atoms with E-state index < -0.39 is 16.6 Å². The molecule has 5 nitrogen and oxygen atoms in total. The molecule has 7 heteroatoms. The summed E-state index contributed by atoms with van der Waals surface area (Å²) >= 11 is 11.3. The third-order valence-electron chi connectivity index (χ3n) is 1.88. The molecule has 0 unspecified atom stereocenters. The Hall–Kier alpha value is -1.33. The number of carbonyl (C=O) groups excluding carboxylic acids is 1. The third-order valence-corrected chi connectivity index (χ3v) is 2.67. The van der Waals surface area contributed by atoms with Crippen LogP contribution in [0.2, 0.25) is 10.0 Å². The fourth-order valence-corrected chi connectivity index (χ4v) is 1.50. The predicted molar refractivity (Wildman–Crippen MR) is 63.7 cm³/mol. The maximum Gasteiger partial charge on any atom is 0.338 e. The van der Waals surface area contributed by atoms with Crippen molar-refractivity contribution < 1.29 is 14.5 Å². The number of hydrogen-bond acceptors (Lipinski definition) is 4. The zero-order valence-electron chi connectivity index (χ0n) is 8.91. The van der Waals surface area contributed by atoms with Crippen LogP contribution in [0.1, 0.15) is 23.7 Å². The molecule has 1 rings (SSSR count). The minimum absolute atomic E-state index is 0.0135. The van der Waals surface area contributed by atoms with Crippen molar-refractivity contribution in [3.8, 4) is 0 Å². The number of esters is 1. The Morgan fingerprint density at radius 2 is 2.12 bits per heavy atom. The Kier molecular flexibility index (Phi) is 4.72. The summed E-state index contributed by atoms with van der Waals surface area (Å²) in [4.78, 5) is 21.5. The number of benzene rings is 1. The number of ether oxygens (including phenoxy) is 1. The van der Waals surface area contributed by atoms with Gasteiger partial charge in [0.15, 0.2) is 0 Å². The summed E-state index contributed by atoms with van der Waals surface area (Å²) in [6.07, 6.45) is 0.662. The molecule has 0 atom stereocenters. The molecule has 17 heavy (non-hydrogen) atoms. The van der Waals surface area contributed by atoms with Crippen molar-refractivity contribution in [3.05, 3.63) is 37.9 Å². The van der Waals surface area contributed by atoms with E-state index in [0.29, 0.717) is 6.42 Å². The van der Waals surface area contributed by atoms with Gasteiger partial charge in [-0.05, 0) is 12.5 Å². The van der Waals surface area contributed by atoms with E-state index in [2.05, 4.69) is 0 Å². The topological polar surface area (TPSA) is 69.4 Å². The zero-order chi connectivity index (χ0) is 13.0. The SMILES string of the molecule is CCCOC(=O)c1cc(Cl)c(Cl)c([N+](=O)[O-])c1. The van der Waals surface area contributed by atoms with Gasteiger partial charge in [-0.2, -0.15) is 0 Å². The summed E-state index contributed by atoms with van der Waals surface area (Å²) in [5.41, 5.74) is -0.401. The van der Waals surface area contributed by atoms with E-state index in [1.54, 1.807) is 0 Å². The Labute approximate surface area is 107 Å². The zero-order valence-corrected chi connectivity index (χ0v) is 10.4. The maximum absolute atomic E-state index is 11.5. The van der Waals surface area contributed by atoms with Crippen molar-refractivity contribution >= 4 is 34.9 Å². The van der Waals surface area contributed by atoms with E-state index in [0.717, 1.165) is 6.07 Å². The highest BCUT2D eigenvalue weighted by molar-refractivity contribution is 6.43. The number of hydrogen-bond donors (Lipinski definition) is 0. The van der Waals surface area contributed by atoms with Gasteiger partial charge in [-0.15, -0.1) is 0 Å². The predicted octanol–water partition coefficient (Wildman–Crippen LogP) is 3.47. The van der Waals surface area contributed by atoms with Gasteiger partial charge in [-0.25, -0.2) is 4.79 Å². The smallest absolute Gasteiger partial charge is 0.338 e. The standard InChI is InChI=1S/C10H9Cl2NO4/c1-2-3-17-10(14)6-4-7(11)9(12)8(5-6)13(15)16/h4-5H,2-3H2,1H3. The third kappa shape index (κ3) is 3.31. The summed E-state index contributed by atoms with van der Waals surface area (Å²) in [7, 11) is 0. The van der Waals surface area contributed by atoms with Gasteiger partial charge < -0.3 is 4.74 Å². The monoisotopic (exact) mass is 277 g/mol. The molecule has 0 radical (unpaired) electrons. The van der Waals surface area contributed by atoms with Gasteiger partial charge in [0.1, 0.15) is 5.02 Å². The van der Waals surface area contributed by atoms with E-state index in [1.165, 1.54) is 6.07 Å². The lowest BCUT2D eigenvalue weighted by Crippen LogP contribution is -2.06. The summed E-state index contributed by atoms with van der Waals surface area (Å²) in [6, 6.07) is 2.29. The molecular weight excluding hydrogens is 269 g/mol. The first-order valence-electron chi connectivity index (χ1n) is 4.78. The summed E-state index contributed by atoms with van der Waals surface area (Å²) in [6.45, 7) is 2.08. The molecule has 0 aliphatic rings. The molecule has 0 saturated heterocycles. The fraction of sp³-hybridized carbons (Fsp3) is 0.300. The second kappa shape index (κ2) is 5.84. The van der Waals surface area contributed by atoms with Crippen LogP contribution in [0.15, 0.2) is 12.1 Å². The summed E-state index contributed by atoms with van der Waals surface area (Å²) < 4.78 is 4.84. The first-order chi connectivity index (χ1) is 7.97. The van der Waals surface area contributed by atoms with Crippen molar-refractivity contribution in [3.63, 3.8) is 0 Å². The highest BCUT2D eigenvalue weighted by Crippen LogP contribution is 2.33. The van der Waals surface area contributed by atoms with Crippen LogP contribution in [-0.2, 0) is 4.74 Å². The van der Waals surface area contributed by atoms with Crippen LogP contribution < -0.4 is 0 Å². The average Bonchev–Trinajstić information content (AvgIpc) is 2.28. The molecule has 0 N–H and O–H groups in total. The van der Waals surface area contributed by atoms with Gasteiger partial charge in [-0.1, -0.05) is 30.1 Å². The molecule has 0 bridgehead atoms. The second-order valence-electron chi connectivity index (χ2n) is 3.18. The van der Waals surface area contributed by atoms with Crippen LogP contribution >= 0.6 is 23.2 Å². The number of carbonyl (C=O) groups is 1. The fourth-order valence-electron chi connectivity index (χ4n) is 1.10. The number of nitro benzene ring substituents is 1. The van der Waals surface area contributed by atoms with Crippen molar-refractivity contribution in [2.24, 2.45) is 0 Å². The van der Waals surface area contributed by atoms with Gasteiger partial charge in [0.05, 0.1) is 22.1 Å². The first-order valence-corrected chi connectivity index (χ1v) is 5.53. The second-order valence-corrected chi connectivity index (χ2v) is 3.97. The highest BCUT2D eigenvalue weighted by Gasteiger charge is 2.20. The van der Waals surface area contributed by atoms with Crippen LogP contribution in [0, 0.1) is 10.1 Å². The normalized spacial score (nSPS) is 10.1. The largest absolute Gasteiger partial charge is 0.462 e. The quantitative estimate of drug-likeness (QED) is 0.480. The van der Waals surface area contributed by atoms with Crippen LogP contribution in [-0.4, -0.2) is 17.5 Å².